The molecule has 23 heavy (non-hydrogen) atoms. The summed E-state index contributed by atoms with van der Waals surface area (Å²) in [5.74, 6) is 0.0286. The summed E-state index contributed by atoms with van der Waals surface area (Å²) < 4.78 is 32.4. The highest BCUT2D eigenvalue weighted by Crippen LogP contribution is 2.26. The number of nitrogens with one attached hydrogen (secondary N) is 1. The van der Waals surface area contributed by atoms with Crippen molar-refractivity contribution in [3.05, 3.63) is 29.8 Å². The van der Waals surface area contributed by atoms with Crippen LogP contribution in [0.5, 0.6) is 0 Å². The molecule has 1 N–H and O–H groups in total. The average Bonchev–Trinajstić information content (AvgIpc) is 2.47. The molecule has 0 bridgehead atoms. The van der Waals surface area contributed by atoms with E-state index >= 15 is 0 Å². The zero-order valence-corrected chi connectivity index (χ0v) is 14.7. The predicted molar refractivity (Wildman–Crippen MR) is 88.5 cm³/mol. The molecule has 0 saturated heterocycles. The molecule has 0 radical (unpaired) electrons. The van der Waals surface area contributed by atoms with Crippen molar-refractivity contribution in [1.82, 2.24) is 4.72 Å². The maximum atomic E-state index is 12.3. The SMILES string of the molecule is Cc1ccc(S(=O)(=O)NC(C)C(=O)OC2CCCC(C)C2)cc1. The third-order valence-corrected chi connectivity index (χ3v) is 5.74. The van der Waals surface area contributed by atoms with Crippen molar-refractivity contribution in [3.8, 4) is 0 Å². The lowest BCUT2D eigenvalue weighted by Gasteiger charge is -2.27. The van der Waals surface area contributed by atoms with E-state index in [0.717, 1.165) is 31.2 Å². The second-order valence-electron chi connectivity index (χ2n) is 6.49. The molecule has 128 valence electrons. The van der Waals surface area contributed by atoms with E-state index in [1.807, 2.05) is 6.92 Å². The monoisotopic (exact) mass is 339 g/mol. The summed E-state index contributed by atoms with van der Waals surface area (Å²) in [7, 11) is -3.72. The van der Waals surface area contributed by atoms with Crippen LogP contribution in [-0.4, -0.2) is 26.5 Å². The maximum Gasteiger partial charge on any atom is 0.324 e. The predicted octanol–water partition coefficient (Wildman–Crippen LogP) is 2.78. The quantitative estimate of drug-likeness (QED) is 0.837. The lowest BCUT2D eigenvalue weighted by Crippen LogP contribution is -2.41. The second-order valence-corrected chi connectivity index (χ2v) is 8.20. The van der Waals surface area contributed by atoms with Gasteiger partial charge in [0.2, 0.25) is 10.0 Å². The van der Waals surface area contributed by atoms with Gasteiger partial charge in [0.15, 0.2) is 0 Å². The topological polar surface area (TPSA) is 72.5 Å². The number of carbonyl (C=O) groups excluding carboxylic acids is 1. The Labute approximate surface area is 138 Å². The second kappa shape index (κ2) is 7.45. The first-order valence-electron chi connectivity index (χ1n) is 8.07. The molecule has 0 aliphatic heterocycles. The van der Waals surface area contributed by atoms with Crippen molar-refractivity contribution in [2.45, 2.75) is 63.5 Å². The van der Waals surface area contributed by atoms with Gasteiger partial charge in [-0.3, -0.25) is 4.79 Å². The number of benzene rings is 1. The fraction of sp³-hybridized carbons (Fsp3) is 0.588. The highest BCUT2D eigenvalue weighted by Gasteiger charge is 2.27. The van der Waals surface area contributed by atoms with Crippen molar-refractivity contribution < 1.29 is 17.9 Å². The zero-order chi connectivity index (χ0) is 17.0. The minimum Gasteiger partial charge on any atom is -0.461 e. The minimum atomic E-state index is -3.72. The Morgan fingerprint density at radius 3 is 2.52 bits per heavy atom. The molecule has 5 nitrogen and oxygen atoms in total. The van der Waals surface area contributed by atoms with Crippen molar-refractivity contribution in [1.29, 1.82) is 0 Å². The van der Waals surface area contributed by atoms with Crippen molar-refractivity contribution in [2.75, 3.05) is 0 Å². The molecule has 0 amide bonds. The van der Waals surface area contributed by atoms with Gasteiger partial charge in [-0.25, -0.2) is 8.42 Å². The third-order valence-electron chi connectivity index (χ3n) is 4.19. The largest absolute Gasteiger partial charge is 0.461 e. The van der Waals surface area contributed by atoms with Crippen molar-refractivity contribution in [3.63, 3.8) is 0 Å². The number of hydrogen-bond acceptors (Lipinski definition) is 4. The van der Waals surface area contributed by atoms with Gasteiger partial charge in [-0.1, -0.05) is 31.0 Å². The Morgan fingerprint density at radius 1 is 1.26 bits per heavy atom. The first-order valence-corrected chi connectivity index (χ1v) is 9.56. The van der Waals surface area contributed by atoms with E-state index in [1.54, 1.807) is 12.1 Å². The van der Waals surface area contributed by atoms with E-state index in [1.165, 1.54) is 19.1 Å². The molecule has 1 aromatic carbocycles. The first-order chi connectivity index (χ1) is 10.8. The van der Waals surface area contributed by atoms with Crippen molar-refractivity contribution in [2.24, 2.45) is 5.92 Å². The highest BCUT2D eigenvalue weighted by molar-refractivity contribution is 7.89. The Morgan fingerprint density at radius 2 is 1.91 bits per heavy atom. The normalized spacial score (nSPS) is 23.3. The van der Waals surface area contributed by atoms with Gasteiger partial charge in [0.1, 0.15) is 12.1 Å². The number of carbonyl (C=O) groups is 1. The number of rotatable bonds is 5. The summed E-state index contributed by atoms with van der Waals surface area (Å²) in [6, 6.07) is 5.59. The molecule has 6 heteroatoms. The van der Waals surface area contributed by atoms with E-state index in [9.17, 15) is 13.2 Å². The molecule has 2 rings (SSSR count). The number of sulfonamides is 1. The van der Waals surface area contributed by atoms with Crippen LogP contribution in [0.4, 0.5) is 0 Å². The highest BCUT2D eigenvalue weighted by atomic mass is 32.2. The van der Waals surface area contributed by atoms with Gasteiger partial charge in [0.05, 0.1) is 4.90 Å². The van der Waals surface area contributed by atoms with Crippen LogP contribution in [0.2, 0.25) is 0 Å². The molecule has 0 aromatic heterocycles. The maximum absolute atomic E-state index is 12.3. The molecule has 1 aromatic rings. The van der Waals surface area contributed by atoms with Crippen LogP contribution >= 0.6 is 0 Å². The number of esters is 1. The van der Waals surface area contributed by atoms with Gasteiger partial charge in [0, 0.05) is 0 Å². The van der Waals surface area contributed by atoms with Crippen LogP contribution in [0.15, 0.2) is 29.2 Å². The molecule has 0 spiro atoms. The zero-order valence-electron chi connectivity index (χ0n) is 13.9. The Bertz CT molecular complexity index is 639. The van der Waals surface area contributed by atoms with Gasteiger partial charge in [-0.15, -0.1) is 0 Å². The smallest absolute Gasteiger partial charge is 0.324 e. The van der Waals surface area contributed by atoms with Crippen LogP contribution in [0, 0.1) is 12.8 Å². The average molecular weight is 339 g/mol. The fourth-order valence-corrected chi connectivity index (χ4v) is 4.01. The molecule has 0 heterocycles. The van der Waals surface area contributed by atoms with E-state index in [2.05, 4.69) is 11.6 Å². The number of aryl methyl sites for hydroxylation is 1. The summed E-state index contributed by atoms with van der Waals surface area (Å²) >= 11 is 0. The molecule has 1 aliphatic carbocycles. The van der Waals surface area contributed by atoms with Crippen LogP contribution in [0.3, 0.4) is 0 Å². The molecular formula is C17H25NO4S. The first kappa shape index (κ1) is 17.9. The lowest BCUT2D eigenvalue weighted by molar-refractivity contribution is -0.152. The lowest BCUT2D eigenvalue weighted by atomic mass is 9.89. The third kappa shape index (κ3) is 5.04. The van der Waals surface area contributed by atoms with E-state index in [-0.39, 0.29) is 11.0 Å². The molecule has 3 unspecified atom stereocenters. The fourth-order valence-electron chi connectivity index (χ4n) is 2.82. The minimum absolute atomic E-state index is 0.0995. The van der Waals surface area contributed by atoms with Crippen molar-refractivity contribution >= 4 is 16.0 Å². The molecule has 1 saturated carbocycles. The van der Waals surface area contributed by atoms with Crippen LogP contribution in [-0.2, 0) is 19.6 Å². The standard InChI is InChI=1S/C17H25NO4S/c1-12-7-9-16(10-8-12)23(20,21)18-14(3)17(19)22-15-6-4-5-13(2)11-15/h7-10,13-15,18H,4-6,11H2,1-3H3. The van der Waals surface area contributed by atoms with Gasteiger partial charge >= 0.3 is 5.97 Å². The van der Waals surface area contributed by atoms with Gasteiger partial charge in [0.25, 0.3) is 0 Å². The molecular weight excluding hydrogens is 314 g/mol. The summed E-state index contributed by atoms with van der Waals surface area (Å²) in [5, 5.41) is 0. The van der Waals surface area contributed by atoms with E-state index < -0.39 is 22.0 Å². The number of ether oxygens (including phenoxy) is 1. The van der Waals surface area contributed by atoms with Crippen LogP contribution < -0.4 is 4.72 Å². The van der Waals surface area contributed by atoms with Crippen LogP contribution in [0.25, 0.3) is 0 Å². The van der Waals surface area contributed by atoms with Gasteiger partial charge in [-0.2, -0.15) is 4.72 Å². The van der Waals surface area contributed by atoms with Gasteiger partial charge < -0.3 is 4.74 Å². The summed E-state index contributed by atoms with van der Waals surface area (Å²) in [5.41, 5.74) is 0.975. The van der Waals surface area contributed by atoms with E-state index in [0.29, 0.717) is 5.92 Å². The number of hydrogen-bond donors (Lipinski definition) is 1. The summed E-state index contributed by atoms with van der Waals surface area (Å²) in [4.78, 5) is 12.3. The molecule has 1 aliphatic rings. The van der Waals surface area contributed by atoms with Gasteiger partial charge in [-0.05, 0) is 51.2 Å². The van der Waals surface area contributed by atoms with Crippen LogP contribution in [0.1, 0.15) is 45.1 Å². The Balaban J connectivity index is 1.95. The molecule has 1 fully saturated rings. The summed E-state index contributed by atoms with van der Waals surface area (Å²) in [6.07, 6.45) is 3.81. The Hall–Kier alpha value is -1.40. The molecule has 3 atom stereocenters. The van der Waals surface area contributed by atoms with E-state index in [4.69, 9.17) is 4.74 Å². The summed E-state index contributed by atoms with van der Waals surface area (Å²) in [6.45, 7) is 5.54. The Kier molecular flexibility index (Phi) is 5.81.